The van der Waals surface area contributed by atoms with Crippen LogP contribution in [0.3, 0.4) is 0 Å². The van der Waals surface area contributed by atoms with E-state index >= 15 is 0 Å². The Kier molecular flexibility index (Phi) is 5.29. The van der Waals surface area contributed by atoms with Crippen molar-refractivity contribution in [2.75, 3.05) is 18.0 Å². The van der Waals surface area contributed by atoms with E-state index in [0.29, 0.717) is 0 Å². The lowest BCUT2D eigenvalue weighted by Crippen LogP contribution is -2.26. The molecule has 3 nitrogen and oxygen atoms in total. The highest BCUT2D eigenvalue weighted by Gasteiger charge is 2.07. The molecule has 2 N–H and O–H groups in total. The maximum absolute atomic E-state index is 5.79. The number of aryl methyl sites for hydroxylation is 1. The van der Waals surface area contributed by atoms with Crippen LogP contribution >= 0.6 is 0 Å². The molecular weight excluding hydrogens is 212 g/mol. The molecule has 0 bridgehead atoms. The molecule has 1 aromatic carbocycles. The van der Waals surface area contributed by atoms with Crippen molar-refractivity contribution in [3.8, 4) is 5.75 Å². The summed E-state index contributed by atoms with van der Waals surface area (Å²) in [7, 11) is 0. The van der Waals surface area contributed by atoms with Gasteiger partial charge in [-0.3, -0.25) is 5.73 Å². The molecule has 1 unspecified atom stereocenters. The molecule has 0 fully saturated rings. The zero-order chi connectivity index (χ0) is 12.8. The minimum Gasteiger partial charge on any atom is -0.475 e. The highest BCUT2D eigenvalue weighted by molar-refractivity contribution is 5.52. The van der Waals surface area contributed by atoms with Crippen molar-refractivity contribution in [2.45, 2.75) is 40.3 Å². The van der Waals surface area contributed by atoms with Crippen LogP contribution in [0.25, 0.3) is 0 Å². The fraction of sp³-hybridized carbons (Fsp3) is 0.571. The van der Waals surface area contributed by atoms with Crippen LogP contribution in [0.2, 0.25) is 0 Å². The molecular formula is C14H24N2O. The van der Waals surface area contributed by atoms with E-state index in [4.69, 9.17) is 10.5 Å². The number of hydrogen-bond acceptors (Lipinski definition) is 3. The van der Waals surface area contributed by atoms with Gasteiger partial charge in [0.15, 0.2) is 0 Å². The average molecular weight is 236 g/mol. The highest BCUT2D eigenvalue weighted by atomic mass is 16.5. The quantitative estimate of drug-likeness (QED) is 0.772. The minimum atomic E-state index is -0.215. The molecule has 0 saturated carbocycles. The molecule has 0 aromatic heterocycles. The second-order valence-corrected chi connectivity index (χ2v) is 4.19. The summed E-state index contributed by atoms with van der Waals surface area (Å²) in [4.78, 5) is 2.32. The summed E-state index contributed by atoms with van der Waals surface area (Å²) in [5.74, 6) is 0.884. The van der Waals surface area contributed by atoms with Gasteiger partial charge >= 0.3 is 0 Å². The topological polar surface area (TPSA) is 38.5 Å². The third-order valence-electron chi connectivity index (χ3n) is 2.97. The van der Waals surface area contributed by atoms with Crippen molar-refractivity contribution in [1.29, 1.82) is 0 Å². The zero-order valence-corrected chi connectivity index (χ0v) is 11.4. The van der Waals surface area contributed by atoms with Crippen molar-refractivity contribution in [3.63, 3.8) is 0 Å². The first-order valence-corrected chi connectivity index (χ1v) is 6.40. The zero-order valence-electron chi connectivity index (χ0n) is 11.4. The van der Waals surface area contributed by atoms with Crippen LogP contribution in [0.4, 0.5) is 5.69 Å². The van der Waals surface area contributed by atoms with Gasteiger partial charge < -0.3 is 9.64 Å². The number of nitrogens with two attached hydrogens (primary N) is 1. The number of rotatable bonds is 6. The van der Waals surface area contributed by atoms with E-state index in [0.717, 1.165) is 30.8 Å². The monoisotopic (exact) mass is 236 g/mol. The Bertz CT molecular complexity index is 348. The normalized spacial score (nSPS) is 12.3. The second-order valence-electron chi connectivity index (χ2n) is 4.19. The van der Waals surface area contributed by atoms with Gasteiger partial charge in [0.2, 0.25) is 0 Å². The maximum Gasteiger partial charge on any atom is 0.147 e. The van der Waals surface area contributed by atoms with Gasteiger partial charge in [-0.05, 0) is 51.0 Å². The molecule has 0 radical (unpaired) electrons. The summed E-state index contributed by atoms with van der Waals surface area (Å²) in [6, 6.07) is 6.26. The first-order chi connectivity index (χ1) is 8.12. The van der Waals surface area contributed by atoms with Crippen molar-refractivity contribution in [2.24, 2.45) is 5.73 Å². The smallest absolute Gasteiger partial charge is 0.147 e. The number of benzene rings is 1. The van der Waals surface area contributed by atoms with Gasteiger partial charge in [0.1, 0.15) is 12.0 Å². The van der Waals surface area contributed by atoms with E-state index in [9.17, 15) is 0 Å². The van der Waals surface area contributed by atoms with Crippen molar-refractivity contribution in [3.05, 3.63) is 23.8 Å². The second kappa shape index (κ2) is 6.50. The molecule has 0 heterocycles. The van der Waals surface area contributed by atoms with Gasteiger partial charge in [-0.2, -0.15) is 0 Å². The first-order valence-electron chi connectivity index (χ1n) is 6.40. The fourth-order valence-corrected chi connectivity index (χ4v) is 1.80. The highest BCUT2D eigenvalue weighted by Crippen LogP contribution is 2.25. The van der Waals surface area contributed by atoms with Crippen LogP contribution in [0.1, 0.15) is 32.8 Å². The molecule has 3 heteroatoms. The molecule has 17 heavy (non-hydrogen) atoms. The van der Waals surface area contributed by atoms with Crippen LogP contribution < -0.4 is 15.4 Å². The molecule has 0 saturated heterocycles. The summed E-state index contributed by atoms with van der Waals surface area (Å²) in [6.45, 7) is 10.4. The van der Waals surface area contributed by atoms with Gasteiger partial charge in [-0.15, -0.1) is 0 Å². The summed E-state index contributed by atoms with van der Waals surface area (Å²) in [6.07, 6.45) is 0.602. The van der Waals surface area contributed by atoms with E-state index in [-0.39, 0.29) is 6.23 Å². The Morgan fingerprint density at radius 3 is 2.35 bits per heavy atom. The van der Waals surface area contributed by atoms with Crippen molar-refractivity contribution in [1.82, 2.24) is 0 Å². The van der Waals surface area contributed by atoms with Crippen LogP contribution in [0.15, 0.2) is 18.2 Å². The van der Waals surface area contributed by atoms with Crippen LogP contribution in [-0.4, -0.2) is 19.3 Å². The molecule has 1 aromatic rings. The Labute approximate surface area is 105 Å². The Hall–Kier alpha value is -1.22. The lowest BCUT2D eigenvalue weighted by molar-refractivity contribution is 0.204. The molecule has 0 amide bonds. The maximum atomic E-state index is 5.79. The number of nitrogens with zero attached hydrogens (tertiary/aromatic N) is 1. The van der Waals surface area contributed by atoms with Crippen molar-refractivity contribution < 1.29 is 4.74 Å². The predicted molar refractivity (Wildman–Crippen MR) is 73.6 cm³/mol. The van der Waals surface area contributed by atoms with Gasteiger partial charge in [0, 0.05) is 18.8 Å². The van der Waals surface area contributed by atoms with E-state index < -0.39 is 0 Å². The van der Waals surface area contributed by atoms with Crippen LogP contribution in [0.5, 0.6) is 5.75 Å². The van der Waals surface area contributed by atoms with Gasteiger partial charge in [0.25, 0.3) is 0 Å². The fourth-order valence-electron chi connectivity index (χ4n) is 1.80. The number of anilines is 1. The van der Waals surface area contributed by atoms with Crippen molar-refractivity contribution >= 4 is 5.69 Å². The molecule has 0 aliphatic carbocycles. The molecule has 1 atom stereocenters. The SMILES string of the molecule is CCC(N)Oc1ccc(N(CC)CC)cc1C. The van der Waals surface area contributed by atoms with E-state index in [1.807, 2.05) is 13.0 Å². The van der Waals surface area contributed by atoms with E-state index in [1.54, 1.807) is 0 Å². The largest absolute Gasteiger partial charge is 0.475 e. The Morgan fingerprint density at radius 2 is 1.88 bits per heavy atom. The molecule has 0 spiro atoms. The number of hydrogen-bond donors (Lipinski definition) is 1. The van der Waals surface area contributed by atoms with Gasteiger partial charge in [0.05, 0.1) is 0 Å². The summed E-state index contributed by atoms with van der Waals surface area (Å²) < 4.78 is 5.66. The summed E-state index contributed by atoms with van der Waals surface area (Å²) in [5, 5.41) is 0. The number of ether oxygens (including phenoxy) is 1. The predicted octanol–water partition coefficient (Wildman–Crippen LogP) is 2.91. The molecule has 0 aliphatic rings. The first kappa shape index (κ1) is 13.8. The average Bonchev–Trinajstić information content (AvgIpc) is 2.33. The lowest BCUT2D eigenvalue weighted by atomic mass is 10.2. The lowest BCUT2D eigenvalue weighted by Gasteiger charge is -2.22. The van der Waals surface area contributed by atoms with Gasteiger partial charge in [-0.1, -0.05) is 6.92 Å². The van der Waals surface area contributed by atoms with Gasteiger partial charge in [-0.25, -0.2) is 0 Å². The van der Waals surface area contributed by atoms with Crippen LogP contribution in [0, 0.1) is 6.92 Å². The summed E-state index contributed by atoms with van der Waals surface area (Å²) >= 11 is 0. The Morgan fingerprint density at radius 1 is 1.24 bits per heavy atom. The van der Waals surface area contributed by atoms with E-state index in [2.05, 4.69) is 37.8 Å². The Balaban J connectivity index is 2.85. The molecule has 96 valence electrons. The van der Waals surface area contributed by atoms with Crippen LogP contribution in [-0.2, 0) is 0 Å². The minimum absolute atomic E-state index is 0.215. The molecule has 0 aliphatic heterocycles. The molecule has 1 rings (SSSR count). The van der Waals surface area contributed by atoms with E-state index in [1.165, 1.54) is 5.69 Å². The summed E-state index contributed by atoms with van der Waals surface area (Å²) in [5.41, 5.74) is 8.17. The standard InChI is InChI=1S/C14H24N2O/c1-5-14(15)17-13-9-8-12(10-11(13)4)16(6-2)7-3/h8-10,14H,5-7,15H2,1-4H3. The third kappa shape index (κ3) is 3.63. The third-order valence-corrected chi connectivity index (χ3v) is 2.97.